The van der Waals surface area contributed by atoms with Crippen LogP contribution in [0, 0.1) is 6.92 Å². The van der Waals surface area contributed by atoms with Crippen LogP contribution in [-0.2, 0) is 10.0 Å². The predicted octanol–water partition coefficient (Wildman–Crippen LogP) is 2.60. The number of imidazole rings is 1. The molecular weight excluding hydrogens is 298 g/mol. The van der Waals surface area contributed by atoms with Crippen molar-refractivity contribution >= 4 is 10.0 Å². The molecule has 0 amide bonds. The Balaban J connectivity index is 1.84. The molecule has 0 saturated heterocycles. The Hall–Kier alpha value is -2.60. The molecule has 2 aromatic carbocycles. The molecule has 0 N–H and O–H groups in total. The molecule has 112 valence electrons. The van der Waals surface area contributed by atoms with E-state index in [-0.39, 0.29) is 4.90 Å². The number of aromatic nitrogens is 2. The van der Waals surface area contributed by atoms with Gasteiger partial charge in [0, 0.05) is 0 Å². The molecule has 0 atom stereocenters. The van der Waals surface area contributed by atoms with E-state index < -0.39 is 10.0 Å². The lowest BCUT2D eigenvalue weighted by atomic mass is 10.2. The Labute approximate surface area is 129 Å². The van der Waals surface area contributed by atoms with Crippen LogP contribution in [0.25, 0.3) is 10.5 Å². The van der Waals surface area contributed by atoms with Crippen molar-refractivity contribution in [3.8, 4) is 5.69 Å². The van der Waals surface area contributed by atoms with E-state index >= 15 is 0 Å². The smallest absolute Gasteiger partial charge is 0.240 e. The fourth-order valence-electron chi connectivity index (χ4n) is 2.03. The van der Waals surface area contributed by atoms with Gasteiger partial charge >= 0.3 is 0 Å². The summed E-state index contributed by atoms with van der Waals surface area (Å²) in [5.41, 5.74) is 1.94. The van der Waals surface area contributed by atoms with E-state index in [2.05, 4.69) is 4.83 Å². The highest BCUT2D eigenvalue weighted by molar-refractivity contribution is 7.93. The van der Waals surface area contributed by atoms with Crippen LogP contribution in [0.3, 0.4) is 0 Å². The zero-order valence-corrected chi connectivity index (χ0v) is 12.8. The molecule has 1 heterocycles. The average Bonchev–Trinajstić information content (AvgIpc) is 2.96. The summed E-state index contributed by atoms with van der Waals surface area (Å²) in [5, 5.41) is 0. The number of aryl methyl sites for hydroxylation is 1. The zero-order chi connectivity index (χ0) is 15.6. The zero-order valence-electron chi connectivity index (χ0n) is 12.0. The van der Waals surface area contributed by atoms with Gasteiger partial charge in [-0.05, 0) is 31.2 Å². The van der Waals surface area contributed by atoms with E-state index in [4.69, 9.17) is 0 Å². The second kappa shape index (κ2) is 5.65. The van der Waals surface area contributed by atoms with Crippen molar-refractivity contribution in [2.24, 2.45) is 0 Å². The van der Waals surface area contributed by atoms with Crippen LogP contribution >= 0.6 is 0 Å². The highest BCUT2D eigenvalue weighted by Crippen LogP contribution is 2.15. The first-order valence-electron chi connectivity index (χ1n) is 6.74. The van der Waals surface area contributed by atoms with E-state index in [1.54, 1.807) is 47.6 Å². The molecule has 0 bridgehead atoms. The Morgan fingerprint density at radius 2 is 1.68 bits per heavy atom. The fourth-order valence-corrected chi connectivity index (χ4v) is 2.95. The van der Waals surface area contributed by atoms with Crippen LogP contribution in [0.4, 0.5) is 0 Å². The van der Waals surface area contributed by atoms with Crippen molar-refractivity contribution in [3.05, 3.63) is 83.7 Å². The van der Waals surface area contributed by atoms with Gasteiger partial charge in [-0.1, -0.05) is 35.9 Å². The maximum atomic E-state index is 12.3. The number of hydrogen-bond donors (Lipinski definition) is 0. The number of benzene rings is 2. The number of hydrogen-bond acceptors (Lipinski definition) is 2. The number of rotatable bonds is 4. The molecule has 3 rings (SSSR count). The lowest BCUT2D eigenvalue weighted by molar-refractivity contribution is -0.613. The quantitative estimate of drug-likeness (QED) is 0.695. The molecule has 0 unspecified atom stereocenters. The molecule has 0 spiro atoms. The third-order valence-electron chi connectivity index (χ3n) is 3.20. The third-order valence-corrected chi connectivity index (χ3v) is 4.47. The van der Waals surface area contributed by atoms with E-state index in [0.29, 0.717) is 0 Å². The highest BCUT2D eigenvalue weighted by Gasteiger charge is 2.08. The molecular formula is C16H15N3O2S. The molecule has 22 heavy (non-hydrogen) atoms. The monoisotopic (exact) mass is 313 g/mol. The number of nitrogens with zero attached hydrogens (tertiary/aromatic N) is 3. The van der Waals surface area contributed by atoms with Crippen molar-refractivity contribution in [1.29, 1.82) is 0 Å². The van der Waals surface area contributed by atoms with E-state index in [1.807, 2.05) is 37.3 Å². The van der Waals surface area contributed by atoms with Gasteiger partial charge in [0.15, 0.2) is 10.0 Å². The summed E-state index contributed by atoms with van der Waals surface area (Å²) in [6.45, 7) is 1.91. The standard InChI is InChI=1S/C16H15N3O2S/c1-14-7-9-16(10-8-14)22(20,21)17-19-12-11-18(13-19)15-5-3-2-4-6-15/h2-13H,1H3. The first-order valence-corrected chi connectivity index (χ1v) is 8.18. The molecule has 5 nitrogen and oxygen atoms in total. The van der Waals surface area contributed by atoms with Crippen molar-refractivity contribution in [3.63, 3.8) is 0 Å². The molecule has 0 fully saturated rings. The number of sulfonamides is 1. The van der Waals surface area contributed by atoms with Crippen LogP contribution in [0.2, 0.25) is 0 Å². The van der Waals surface area contributed by atoms with Gasteiger partial charge in [0.25, 0.3) is 0 Å². The van der Waals surface area contributed by atoms with Gasteiger partial charge in [-0.2, -0.15) is 0 Å². The van der Waals surface area contributed by atoms with E-state index in [9.17, 15) is 8.42 Å². The SMILES string of the molecule is Cc1ccc(S(=O)(=O)[N-][n+]2ccn(-c3ccccc3)c2)cc1. The van der Waals surface area contributed by atoms with Gasteiger partial charge in [0.2, 0.25) is 6.33 Å². The van der Waals surface area contributed by atoms with E-state index in [0.717, 1.165) is 11.3 Å². The van der Waals surface area contributed by atoms with Crippen molar-refractivity contribution in [2.75, 3.05) is 0 Å². The first kappa shape index (κ1) is 14.3. The van der Waals surface area contributed by atoms with Crippen molar-refractivity contribution in [1.82, 2.24) is 4.57 Å². The molecule has 0 aliphatic heterocycles. The molecule has 6 heteroatoms. The van der Waals surface area contributed by atoms with Gasteiger partial charge < -0.3 is 4.83 Å². The summed E-state index contributed by atoms with van der Waals surface area (Å²) >= 11 is 0. The van der Waals surface area contributed by atoms with Gasteiger partial charge in [0.05, 0.1) is 4.90 Å². The average molecular weight is 313 g/mol. The predicted molar refractivity (Wildman–Crippen MR) is 83.1 cm³/mol. The van der Waals surface area contributed by atoms with Crippen molar-refractivity contribution < 1.29 is 13.1 Å². The Morgan fingerprint density at radius 1 is 1.00 bits per heavy atom. The van der Waals surface area contributed by atoms with Crippen LogP contribution in [-0.4, -0.2) is 13.0 Å². The lowest BCUT2D eigenvalue weighted by Gasteiger charge is -2.16. The van der Waals surface area contributed by atoms with Crippen LogP contribution < -0.4 is 4.68 Å². The summed E-state index contributed by atoms with van der Waals surface area (Å²) < 4.78 is 27.6. The third kappa shape index (κ3) is 3.01. The summed E-state index contributed by atoms with van der Waals surface area (Å²) in [6, 6.07) is 16.2. The normalized spacial score (nSPS) is 11.3. The molecule has 0 aliphatic carbocycles. The molecule has 0 saturated carbocycles. The summed E-state index contributed by atoms with van der Waals surface area (Å²) in [7, 11) is -3.72. The summed E-state index contributed by atoms with van der Waals surface area (Å²) in [4.78, 5) is 3.98. The lowest BCUT2D eigenvalue weighted by Crippen LogP contribution is -2.29. The second-order valence-corrected chi connectivity index (χ2v) is 6.49. The van der Waals surface area contributed by atoms with Gasteiger partial charge in [-0.3, -0.25) is 4.68 Å². The maximum Gasteiger partial charge on any atom is 0.240 e. The van der Waals surface area contributed by atoms with Gasteiger partial charge in [0.1, 0.15) is 18.1 Å². The van der Waals surface area contributed by atoms with E-state index in [1.165, 1.54) is 4.68 Å². The molecule has 3 aromatic rings. The largest absolute Gasteiger partial charge is 0.409 e. The Bertz CT molecular complexity index is 869. The molecule has 0 aliphatic rings. The highest BCUT2D eigenvalue weighted by atomic mass is 32.2. The fraction of sp³-hybridized carbons (Fsp3) is 0.0625. The molecule has 0 radical (unpaired) electrons. The maximum absolute atomic E-state index is 12.3. The Kier molecular flexibility index (Phi) is 3.68. The van der Waals surface area contributed by atoms with Crippen LogP contribution in [0.15, 0.2) is 78.2 Å². The number of para-hydroxylation sites is 1. The van der Waals surface area contributed by atoms with Gasteiger partial charge in [-0.25, -0.2) is 13.0 Å². The topological polar surface area (TPSA) is 57.1 Å². The van der Waals surface area contributed by atoms with Crippen LogP contribution in [0.5, 0.6) is 0 Å². The first-order chi connectivity index (χ1) is 10.5. The van der Waals surface area contributed by atoms with Crippen LogP contribution in [0.1, 0.15) is 5.56 Å². The molecule has 1 aromatic heterocycles. The van der Waals surface area contributed by atoms with Crippen molar-refractivity contribution in [2.45, 2.75) is 11.8 Å². The minimum Gasteiger partial charge on any atom is -0.409 e. The Morgan fingerprint density at radius 3 is 2.36 bits per heavy atom. The second-order valence-electron chi connectivity index (χ2n) is 4.91. The minimum atomic E-state index is -3.72. The van der Waals surface area contributed by atoms with Gasteiger partial charge in [-0.15, -0.1) is 0 Å². The summed E-state index contributed by atoms with van der Waals surface area (Å²) in [5.74, 6) is 0. The minimum absolute atomic E-state index is 0.179. The summed E-state index contributed by atoms with van der Waals surface area (Å²) in [6.07, 6.45) is 4.96.